The number of hydrogen-bond acceptors (Lipinski definition) is 4. The predicted octanol–water partition coefficient (Wildman–Crippen LogP) is 2.69. The van der Waals surface area contributed by atoms with Gasteiger partial charge in [0.05, 0.1) is 23.9 Å². The summed E-state index contributed by atoms with van der Waals surface area (Å²) >= 11 is 0. The van der Waals surface area contributed by atoms with Gasteiger partial charge in [-0.2, -0.15) is 0 Å². The fraction of sp³-hybridized carbons (Fsp3) is 0.316. The Morgan fingerprint density at radius 3 is 2.52 bits per heavy atom. The van der Waals surface area contributed by atoms with Gasteiger partial charge >= 0.3 is 5.97 Å². The fourth-order valence-electron chi connectivity index (χ4n) is 3.04. The van der Waals surface area contributed by atoms with Crippen molar-refractivity contribution < 1.29 is 19.4 Å². The lowest BCUT2D eigenvalue weighted by Gasteiger charge is -2.37. The minimum atomic E-state index is -1.05. The van der Waals surface area contributed by atoms with Gasteiger partial charge in [-0.05, 0) is 31.5 Å². The number of benzene rings is 1. The van der Waals surface area contributed by atoms with E-state index < -0.39 is 5.97 Å². The number of carboxylic acid groups (broad SMARTS) is 1. The second-order valence-corrected chi connectivity index (χ2v) is 6.19. The number of amides is 1. The molecule has 1 aliphatic heterocycles. The van der Waals surface area contributed by atoms with E-state index in [2.05, 4.69) is 4.98 Å². The van der Waals surface area contributed by atoms with Crippen LogP contribution in [0.2, 0.25) is 0 Å². The average Bonchev–Trinajstić information content (AvgIpc) is 2.61. The fourth-order valence-corrected chi connectivity index (χ4v) is 3.04. The summed E-state index contributed by atoms with van der Waals surface area (Å²) in [6.45, 7) is 4.44. The predicted molar refractivity (Wildman–Crippen MR) is 91.6 cm³/mol. The topological polar surface area (TPSA) is 79.7 Å². The van der Waals surface area contributed by atoms with Gasteiger partial charge in [-0.15, -0.1) is 0 Å². The van der Waals surface area contributed by atoms with Crippen molar-refractivity contribution in [3.8, 4) is 0 Å². The molecule has 0 bridgehead atoms. The van der Waals surface area contributed by atoms with Crippen LogP contribution >= 0.6 is 0 Å². The van der Waals surface area contributed by atoms with Crippen molar-refractivity contribution in [3.05, 3.63) is 65.0 Å². The molecule has 2 heterocycles. The van der Waals surface area contributed by atoms with Crippen molar-refractivity contribution in [2.75, 3.05) is 13.1 Å². The normalized spacial score (nSPS) is 20.3. The standard InChI is InChI=1S/C19H20N2O4/c1-12-10-21(11-17(25-12)14-6-4-3-5-7-14)18(22)16-9-8-15(19(23)24)13(2)20-16/h3-9,12,17H,10-11H2,1-2H3,(H,23,24). The SMILES string of the molecule is Cc1nc(C(=O)N2CC(C)OC(c3ccccc3)C2)ccc1C(=O)O. The molecular formula is C19H20N2O4. The molecule has 1 fully saturated rings. The van der Waals surface area contributed by atoms with Crippen LogP contribution in [0.15, 0.2) is 42.5 Å². The Morgan fingerprint density at radius 2 is 1.88 bits per heavy atom. The zero-order valence-corrected chi connectivity index (χ0v) is 14.2. The highest BCUT2D eigenvalue weighted by Crippen LogP contribution is 2.26. The summed E-state index contributed by atoms with van der Waals surface area (Å²) in [6, 6.07) is 12.7. The Kier molecular flexibility index (Phi) is 4.81. The van der Waals surface area contributed by atoms with E-state index in [-0.39, 0.29) is 29.4 Å². The van der Waals surface area contributed by atoms with Gasteiger partial charge in [0.25, 0.3) is 5.91 Å². The Hall–Kier alpha value is -2.73. The molecule has 6 nitrogen and oxygen atoms in total. The maximum Gasteiger partial charge on any atom is 0.337 e. The molecule has 1 N–H and O–H groups in total. The number of ether oxygens (including phenoxy) is 1. The van der Waals surface area contributed by atoms with Crippen LogP contribution < -0.4 is 0 Å². The van der Waals surface area contributed by atoms with Crippen LogP contribution in [0.3, 0.4) is 0 Å². The smallest absolute Gasteiger partial charge is 0.337 e. The van der Waals surface area contributed by atoms with Gasteiger partial charge < -0.3 is 14.7 Å². The number of carbonyl (C=O) groups excluding carboxylic acids is 1. The van der Waals surface area contributed by atoms with Gasteiger partial charge in [0.15, 0.2) is 0 Å². The molecule has 2 unspecified atom stereocenters. The lowest BCUT2D eigenvalue weighted by atomic mass is 10.1. The summed E-state index contributed by atoms with van der Waals surface area (Å²) in [4.78, 5) is 29.8. The lowest BCUT2D eigenvalue weighted by Crippen LogP contribution is -2.46. The highest BCUT2D eigenvalue weighted by Gasteiger charge is 2.30. The molecule has 1 aromatic carbocycles. The van der Waals surface area contributed by atoms with E-state index in [1.54, 1.807) is 11.8 Å². The summed E-state index contributed by atoms with van der Waals surface area (Å²) in [5.41, 5.74) is 1.72. The molecule has 0 saturated carbocycles. The van der Waals surface area contributed by atoms with Gasteiger partial charge in [0, 0.05) is 6.54 Å². The molecule has 1 saturated heterocycles. The van der Waals surface area contributed by atoms with Crippen molar-refractivity contribution in [1.29, 1.82) is 0 Å². The van der Waals surface area contributed by atoms with E-state index in [0.717, 1.165) is 5.56 Å². The third kappa shape index (κ3) is 3.69. The molecule has 1 aliphatic rings. The van der Waals surface area contributed by atoms with Crippen molar-refractivity contribution in [1.82, 2.24) is 9.88 Å². The quantitative estimate of drug-likeness (QED) is 0.929. The molecule has 6 heteroatoms. The number of aryl methyl sites for hydroxylation is 1. The summed E-state index contributed by atoms with van der Waals surface area (Å²) in [6.07, 6.45) is -0.282. The highest BCUT2D eigenvalue weighted by molar-refractivity contribution is 5.94. The maximum absolute atomic E-state index is 12.8. The zero-order valence-electron chi connectivity index (χ0n) is 14.2. The average molecular weight is 340 g/mol. The first-order chi connectivity index (χ1) is 12.0. The highest BCUT2D eigenvalue weighted by atomic mass is 16.5. The first-order valence-electron chi connectivity index (χ1n) is 8.16. The largest absolute Gasteiger partial charge is 0.478 e. The van der Waals surface area contributed by atoms with E-state index in [0.29, 0.717) is 18.8 Å². The minimum Gasteiger partial charge on any atom is -0.478 e. The van der Waals surface area contributed by atoms with Crippen molar-refractivity contribution in [2.24, 2.45) is 0 Å². The number of carbonyl (C=O) groups is 2. The molecule has 3 rings (SSSR count). The number of rotatable bonds is 3. The second-order valence-electron chi connectivity index (χ2n) is 6.19. The Morgan fingerprint density at radius 1 is 1.16 bits per heavy atom. The molecule has 1 aromatic heterocycles. The number of morpholine rings is 1. The molecule has 0 spiro atoms. The first-order valence-corrected chi connectivity index (χ1v) is 8.16. The first kappa shape index (κ1) is 17.1. The maximum atomic E-state index is 12.8. The van der Waals surface area contributed by atoms with E-state index in [1.807, 2.05) is 37.3 Å². The zero-order chi connectivity index (χ0) is 18.0. The molecule has 0 aliphatic carbocycles. The van der Waals surface area contributed by atoms with Gasteiger partial charge in [-0.1, -0.05) is 30.3 Å². The van der Waals surface area contributed by atoms with Crippen LogP contribution in [0.25, 0.3) is 0 Å². The molecule has 2 atom stereocenters. The monoisotopic (exact) mass is 340 g/mol. The van der Waals surface area contributed by atoms with Crippen molar-refractivity contribution >= 4 is 11.9 Å². The molecule has 2 aromatic rings. The van der Waals surface area contributed by atoms with Crippen LogP contribution in [0.1, 0.15) is 45.1 Å². The Labute approximate surface area is 146 Å². The van der Waals surface area contributed by atoms with Crippen LogP contribution in [-0.2, 0) is 4.74 Å². The van der Waals surface area contributed by atoms with Crippen LogP contribution in [0, 0.1) is 6.92 Å². The van der Waals surface area contributed by atoms with Crippen LogP contribution in [0.5, 0.6) is 0 Å². The number of nitrogens with zero attached hydrogens (tertiary/aromatic N) is 2. The molecule has 1 amide bonds. The van der Waals surface area contributed by atoms with Crippen molar-refractivity contribution in [2.45, 2.75) is 26.1 Å². The molecule has 130 valence electrons. The third-order valence-electron chi connectivity index (χ3n) is 4.25. The minimum absolute atomic E-state index is 0.0951. The van der Waals surface area contributed by atoms with Gasteiger partial charge in [0.2, 0.25) is 0 Å². The number of hydrogen-bond donors (Lipinski definition) is 1. The third-order valence-corrected chi connectivity index (χ3v) is 4.25. The van der Waals surface area contributed by atoms with E-state index in [1.165, 1.54) is 12.1 Å². The Balaban J connectivity index is 1.81. The summed E-state index contributed by atoms with van der Waals surface area (Å²) in [5, 5.41) is 9.09. The van der Waals surface area contributed by atoms with Crippen molar-refractivity contribution in [3.63, 3.8) is 0 Å². The van der Waals surface area contributed by atoms with Gasteiger partial charge in [-0.3, -0.25) is 4.79 Å². The Bertz CT molecular complexity index is 791. The van der Waals surface area contributed by atoms with E-state index >= 15 is 0 Å². The molecular weight excluding hydrogens is 320 g/mol. The summed E-state index contributed by atoms with van der Waals surface area (Å²) in [7, 11) is 0. The second kappa shape index (κ2) is 7.03. The number of carboxylic acids is 1. The van der Waals surface area contributed by atoms with Crippen LogP contribution in [0.4, 0.5) is 0 Å². The molecule has 0 radical (unpaired) electrons. The number of aromatic nitrogens is 1. The summed E-state index contributed by atoms with van der Waals surface area (Å²) < 4.78 is 5.97. The van der Waals surface area contributed by atoms with E-state index in [4.69, 9.17) is 9.84 Å². The molecule has 25 heavy (non-hydrogen) atoms. The van der Waals surface area contributed by atoms with E-state index in [9.17, 15) is 9.59 Å². The van der Waals surface area contributed by atoms with Crippen LogP contribution in [-0.4, -0.2) is 46.1 Å². The lowest BCUT2D eigenvalue weighted by molar-refractivity contribution is -0.0692. The van der Waals surface area contributed by atoms with Gasteiger partial charge in [-0.25, -0.2) is 9.78 Å². The summed E-state index contributed by atoms with van der Waals surface area (Å²) in [5.74, 6) is -1.26. The number of pyridine rings is 1. The number of aromatic carboxylic acids is 1. The van der Waals surface area contributed by atoms with Gasteiger partial charge in [0.1, 0.15) is 11.8 Å².